The van der Waals surface area contributed by atoms with Crippen LogP contribution in [0.1, 0.15) is 33.0 Å². The van der Waals surface area contributed by atoms with E-state index < -0.39 is 0 Å². The van der Waals surface area contributed by atoms with Gasteiger partial charge in [-0.25, -0.2) is 4.98 Å². The fourth-order valence-corrected chi connectivity index (χ4v) is 2.72. The third-order valence-electron chi connectivity index (χ3n) is 3.00. The van der Waals surface area contributed by atoms with Crippen LogP contribution in [-0.2, 0) is 13.5 Å². The van der Waals surface area contributed by atoms with Gasteiger partial charge in [-0.15, -0.1) is 0 Å². The van der Waals surface area contributed by atoms with Gasteiger partial charge in [0.15, 0.2) is 0 Å². The van der Waals surface area contributed by atoms with Crippen LogP contribution in [0.2, 0.25) is 0 Å². The van der Waals surface area contributed by atoms with E-state index in [1.54, 1.807) is 0 Å². The maximum Gasteiger partial charge on any atom is 0.109 e. The molecule has 0 saturated carbocycles. The molecule has 0 bridgehead atoms. The Kier molecular flexibility index (Phi) is 6.66. The van der Waals surface area contributed by atoms with Gasteiger partial charge >= 0.3 is 0 Å². The summed E-state index contributed by atoms with van der Waals surface area (Å²) in [5.41, 5.74) is 0. The summed E-state index contributed by atoms with van der Waals surface area (Å²) < 4.78 is 2.11. The Morgan fingerprint density at radius 3 is 2.76 bits per heavy atom. The van der Waals surface area contributed by atoms with Gasteiger partial charge in [-0.05, 0) is 13.0 Å². The number of rotatable bonds is 8. The number of hydrogen-bond donors (Lipinski definition) is 1. The summed E-state index contributed by atoms with van der Waals surface area (Å²) in [5, 5.41) is 4.30. The van der Waals surface area contributed by atoms with Crippen LogP contribution in [0, 0.1) is 0 Å². The first kappa shape index (κ1) is 14.6. The van der Waals surface area contributed by atoms with Crippen LogP contribution < -0.4 is 5.32 Å². The van der Waals surface area contributed by atoms with Gasteiger partial charge in [0.25, 0.3) is 0 Å². The van der Waals surface area contributed by atoms with Crippen LogP contribution in [0.15, 0.2) is 12.4 Å². The second-order valence-corrected chi connectivity index (χ2v) is 5.94. The Balaban J connectivity index is 2.45. The molecule has 1 aromatic heterocycles. The largest absolute Gasteiger partial charge is 0.338 e. The number of nitrogens with zero attached hydrogens (tertiary/aromatic N) is 2. The summed E-state index contributed by atoms with van der Waals surface area (Å²) in [5.74, 6) is 2.33. The Bertz CT molecular complexity index is 311. The highest BCUT2D eigenvalue weighted by Crippen LogP contribution is 2.16. The van der Waals surface area contributed by atoms with Crippen molar-refractivity contribution in [1.29, 1.82) is 0 Å². The lowest BCUT2D eigenvalue weighted by molar-refractivity contribution is 0.549. The van der Waals surface area contributed by atoms with E-state index in [4.69, 9.17) is 0 Å². The lowest BCUT2D eigenvalue weighted by atomic mass is 10.2. The van der Waals surface area contributed by atoms with E-state index in [0.717, 1.165) is 24.0 Å². The van der Waals surface area contributed by atoms with Crippen LogP contribution in [0.25, 0.3) is 0 Å². The third-order valence-corrected chi connectivity index (χ3v) is 4.50. The minimum absolute atomic E-state index is 0.528. The standard InChI is InChI=1S/C13H25N3S/c1-5-11(3)17-10-12(14-6-2)9-13-15-7-8-16(13)4/h7-8,11-12,14H,5-6,9-10H2,1-4H3. The number of aromatic nitrogens is 2. The highest BCUT2D eigenvalue weighted by atomic mass is 32.2. The molecule has 0 spiro atoms. The van der Waals surface area contributed by atoms with Gasteiger partial charge in [-0.2, -0.15) is 11.8 Å². The zero-order valence-electron chi connectivity index (χ0n) is 11.4. The molecule has 98 valence electrons. The molecule has 17 heavy (non-hydrogen) atoms. The van der Waals surface area contributed by atoms with Crippen molar-refractivity contribution in [2.45, 2.75) is 44.9 Å². The second-order valence-electron chi connectivity index (χ2n) is 4.47. The predicted octanol–water partition coefficient (Wildman–Crippen LogP) is 2.47. The van der Waals surface area contributed by atoms with Crippen molar-refractivity contribution in [3.05, 3.63) is 18.2 Å². The van der Waals surface area contributed by atoms with Crippen molar-refractivity contribution in [2.75, 3.05) is 12.3 Å². The van der Waals surface area contributed by atoms with Gasteiger partial charge in [0, 0.05) is 42.9 Å². The fourth-order valence-electron chi connectivity index (χ4n) is 1.69. The SMILES string of the molecule is CCNC(CSC(C)CC)Cc1nccn1C. The number of aryl methyl sites for hydroxylation is 1. The highest BCUT2D eigenvalue weighted by Gasteiger charge is 2.12. The maximum absolute atomic E-state index is 4.40. The van der Waals surface area contributed by atoms with Crippen LogP contribution in [0.3, 0.4) is 0 Å². The number of imidazole rings is 1. The van der Waals surface area contributed by atoms with Gasteiger partial charge in [0.1, 0.15) is 5.82 Å². The van der Waals surface area contributed by atoms with Crippen LogP contribution in [-0.4, -0.2) is 33.1 Å². The molecule has 0 saturated heterocycles. The van der Waals surface area contributed by atoms with Crippen molar-refractivity contribution in [3.63, 3.8) is 0 Å². The fraction of sp³-hybridized carbons (Fsp3) is 0.769. The van der Waals surface area contributed by atoms with Gasteiger partial charge in [0.2, 0.25) is 0 Å². The second kappa shape index (κ2) is 7.77. The van der Waals surface area contributed by atoms with Crippen molar-refractivity contribution >= 4 is 11.8 Å². The van der Waals surface area contributed by atoms with Crippen LogP contribution in [0.4, 0.5) is 0 Å². The molecule has 1 N–H and O–H groups in total. The summed E-state index contributed by atoms with van der Waals surface area (Å²) in [6.07, 6.45) is 6.15. The molecule has 0 aliphatic heterocycles. The minimum Gasteiger partial charge on any atom is -0.338 e. The van der Waals surface area contributed by atoms with Gasteiger partial charge in [-0.1, -0.05) is 20.8 Å². The normalized spacial score (nSPS) is 14.8. The monoisotopic (exact) mass is 255 g/mol. The quantitative estimate of drug-likeness (QED) is 0.774. The Morgan fingerprint density at radius 1 is 1.47 bits per heavy atom. The molecule has 2 atom stereocenters. The summed E-state index contributed by atoms with van der Waals surface area (Å²) in [6, 6.07) is 0.528. The summed E-state index contributed by atoms with van der Waals surface area (Å²) in [7, 11) is 2.06. The number of thioether (sulfide) groups is 1. The van der Waals surface area contributed by atoms with Crippen molar-refractivity contribution < 1.29 is 0 Å². The third kappa shape index (κ3) is 5.13. The molecule has 1 heterocycles. The van der Waals surface area contributed by atoms with E-state index in [-0.39, 0.29) is 0 Å². The first-order valence-electron chi connectivity index (χ1n) is 6.48. The first-order chi connectivity index (χ1) is 8.17. The maximum atomic E-state index is 4.40. The zero-order chi connectivity index (χ0) is 12.7. The summed E-state index contributed by atoms with van der Waals surface area (Å²) in [4.78, 5) is 4.40. The molecular formula is C13H25N3S. The number of likely N-dealkylation sites (N-methyl/N-ethyl adjacent to an activating group) is 1. The van der Waals surface area contributed by atoms with Crippen molar-refractivity contribution in [2.24, 2.45) is 7.05 Å². The molecule has 0 aliphatic carbocycles. The Hall–Kier alpha value is -0.480. The highest BCUT2D eigenvalue weighted by molar-refractivity contribution is 7.99. The lowest BCUT2D eigenvalue weighted by Crippen LogP contribution is -2.34. The van der Waals surface area contributed by atoms with E-state index in [9.17, 15) is 0 Å². The van der Waals surface area contributed by atoms with Crippen LogP contribution >= 0.6 is 11.8 Å². The number of hydrogen-bond acceptors (Lipinski definition) is 3. The zero-order valence-corrected chi connectivity index (χ0v) is 12.3. The molecule has 4 heteroatoms. The molecule has 2 unspecified atom stereocenters. The molecule has 0 amide bonds. The van der Waals surface area contributed by atoms with Crippen molar-refractivity contribution in [1.82, 2.24) is 14.9 Å². The molecule has 1 rings (SSSR count). The van der Waals surface area contributed by atoms with Gasteiger partial charge in [0.05, 0.1) is 0 Å². The van der Waals surface area contributed by atoms with Crippen molar-refractivity contribution in [3.8, 4) is 0 Å². The molecular weight excluding hydrogens is 230 g/mol. The summed E-state index contributed by atoms with van der Waals surface area (Å²) >= 11 is 2.05. The van der Waals surface area contributed by atoms with Crippen LogP contribution in [0.5, 0.6) is 0 Å². The smallest absolute Gasteiger partial charge is 0.109 e. The average molecular weight is 255 g/mol. The number of nitrogens with one attached hydrogen (secondary N) is 1. The Labute approximate surface area is 109 Å². The minimum atomic E-state index is 0.528. The predicted molar refractivity (Wildman–Crippen MR) is 76.6 cm³/mol. The summed E-state index contributed by atoms with van der Waals surface area (Å²) in [6.45, 7) is 7.74. The van der Waals surface area contributed by atoms with E-state index in [1.165, 1.54) is 12.2 Å². The molecule has 0 radical (unpaired) electrons. The van der Waals surface area contributed by atoms with E-state index >= 15 is 0 Å². The van der Waals surface area contributed by atoms with E-state index in [1.807, 2.05) is 12.4 Å². The van der Waals surface area contributed by atoms with Gasteiger partial charge in [-0.3, -0.25) is 0 Å². The Morgan fingerprint density at radius 2 is 2.24 bits per heavy atom. The first-order valence-corrected chi connectivity index (χ1v) is 7.53. The van der Waals surface area contributed by atoms with E-state index in [2.05, 4.69) is 54.4 Å². The molecule has 1 aromatic rings. The molecule has 0 fully saturated rings. The molecule has 0 aromatic carbocycles. The lowest BCUT2D eigenvalue weighted by Gasteiger charge is -2.19. The molecule has 0 aliphatic rings. The topological polar surface area (TPSA) is 29.9 Å². The molecule has 3 nitrogen and oxygen atoms in total. The average Bonchev–Trinajstić information content (AvgIpc) is 2.72. The van der Waals surface area contributed by atoms with E-state index in [0.29, 0.717) is 6.04 Å². The van der Waals surface area contributed by atoms with Gasteiger partial charge < -0.3 is 9.88 Å².